The van der Waals surface area contributed by atoms with E-state index in [4.69, 9.17) is 10.5 Å². The Morgan fingerprint density at radius 1 is 1.42 bits per heavy atom. The number of hydrogen-bond acceptors (Lipinski definition) is 4. The van der Waals surface area contributed by atoms with Gasteiger partial charge in [0.15, 0.2) is 0 Å². The van der Waals surface area contributed by atoms with Gasteiger partial charge in [0.1, 0.15) is 11.5 Å². The van der Waals surface area contributed by atoms with E-state index in [0.29, 0.717) is 11.4 Å². The zero-order valence-electron chi connectivity index (χ0n) is 11.4. The van der Waals surface area contributed by atoms with Crippen LogP contribution in [0.25, 0.3) is 0 Å². The number of anilines is 1. The van der Waals surface area contributed by atoms with Crippen molar-refractivity contribution < 1.29 is 13.7 Å². The lowest BCUT2D eigenvalue weighted by Crippen LogP contribution is -2.39. The van der Waals surface area contributed by atoms with Crippen molar-refractivity contribution in [2.45, 2.75) is 19.4 Å². The molecule has 0 fully saturated rings. The third kappa shape index (κ3) is 5.85. The minimum absolute atomic E-state index is 0.0708. The van der Waals surface area contributed by atoms with E-state index in [1.807, 2.05) is 6.07 Å². The van der Waals surface area contributed by atoms with Crippen LogP contribution in [0.2, 0.25) is 0 Å². The second kappa shape index (κ2) is 6.68. The van der Waals surface area contributed by atoms with Crippen LogP contribution in [0.3, 0.4) is 0 Å². The number of para-hydroxylation sites is 2. The van der Waals surface area contributed by atoms with Crippen LogP contribution in [0.15, 0.2) is 24.3 Å². The van der Waals surface area contributed by atoms with Crippen LogP contribution in [-0.2, 0) is 15.6 Å². The number of amides is 1. The maximum absolute atomic E-state index is 11.8. The van der Waals surface area contributed by atoms with E-state index in [9.17, 15) is 9.00 Å². The van der Waals surface area contributed by atoms with Gasteiger partial charge in [0.25, 0.3) is 0 Å². The number of ether oxygens (including phenoxy) is 1. The zero-order valence-corrected chi connectivity index (χ0v) is 12.3. The highest BCUT2D eigenvalue weighted by Gasteiger charge is 2.18. The molecule has 0 bridgehead atoms. The normalized spacial score (nSPS) is 12.8. The smallest absolute Gasteiger partial charge is 0.237 e. The van der Waals surface area contributed by atoms with Gasteiger partial charge in [-0.15, -0.1) is 0 Å². The molecule has 5 nitrogen and oxygen atoms in total. The maximum atomic E-state index is 11.8. The topological polar surface area (TPSA) is 81.4 Å². The molecule has 1 aromatic rings. The molecule has 0 radical (unpaired) electrons. The first-order chi connectivity index (χ1) is 8.81. The SMILES string of the molecule is COc1ccccc1NC(=O)CS(=O)CC(C)(C)N. The van der Waals surface area contributed by atoms with Gasteiger partial charge in [0.05, 0.1) is 12.8 Å². The molecule has 19 heavy (non-hydrogen) atoms. The number of methoxy groups -OCH3 is 1. The summed E-state index contributed by atoms with van der Waals surface area (Å²) in [5, 5.41) is 2.68. The van der Waals surface area contributed by atoms with E-state index in [1.165, 1.54) is 7.11 Å². The van der Waals surface area contributed by atoms with Crippen LogP contribution in [0.4, 0.5) is 5.69 Å². The summed E-state index contributed by atoms with van der Waals surface area (Å²) in [5.74, 6) is 0.471. The van der Waals surface area contributed by atoms with E-state index in [-0.39, 0.29) is 17.4 Å². The highest BCUT2D eigenvalue weighted by atomic mass is 32.2. The first-order valence-corrected chi connectivity index (χ1v) is 7.37. The average molecular weight is 284 g/mol. The van der Waals surface area contributed by atoms with Gasteiger partial charge in [-0.25, -0.2) is 0 Å². The maximum Gasteiger partial charge on any atom is 0.237 e. The van der Waals surface area contributed by atoms with Gasteiger partial charge >= 0.3 is 0 Å². The first kappa shape index (κ1) is 15.7. The highest BCUT2D eigenvalue weighted by molar-refractivity contribution is 7.85. The summed E-state index contributed by atoms with van der Waals surface area (Å²) in [4.78, 5) is 11.8. The third-order valence-corrected chi connectivity index (χ3v) is 3.86. The first-order valence-electron chi connectivity index (χ1n) is 5.88. The summed E-state index contributed by atoms with van der Waals surface area (Å²) in [7, 11) is 0.248. The van der Waals surface area contributed by atoms with Crippen LogP contribution in [0, 0.1) is 0 Å². The molecule has 1 unspecified atom stereocenters. The number of nitrogens with two attached hydrogens (primary N) is 1. The summed E-state index contributed by atoms with van der Waals surface area (Å²) < 4.78 is 16.9. The van der Waals surface area contributed by atoms with Crippen LogP contribution in [0.5, 0.6) is 5.75 Å². The van der Waals surface area contributed by atoms with Gasteiger partial charge in [0, 0.05) is 22.1 Å². The van der Waals surface area contributed by atoms with E-state index in [0.717, 1.165) is 0 Å². The van der Waals surface area contributed by atoms with Gasteiger partial charge in [-0.3, -0.25) is 9.00 Å². The molecule has 3 N–H and O–H groups in total. The standard InChI is InChI=1S/C13H20N2O3S/c1-13(2,14)9-19(17)8-12(16)15-10-6-4-5-7-11(10)18-3/h4-7H,8-9,14H2,1-3H3,(H,15,16). The molecule has 0 saturated heterocycles. The van der Waals surface area contributed by atoms with Crippen molar-refractivity contribution in [2.24, 2.45) is 5.73 Å². The molecular weight excluding hydrogens is 264 g/mol. The molecule has 6 heteroatoms. The van der Waals surface area contributed by atoms with Crippen LogP contribution < -0.4 is 15.8 Å². The Morgan fingerprint density at radius 3 is 2.63 bits per heavy atom. The molecule has 0 aliphatic heterocycles. The molecule has 1 atom stereocenters. The van der Waals surface area contributed by atoms with Crippen LogP contribution in [0.1, 0.15) is 13.8 Å². The van der Waals surface area contributed by atoms with Crippen LogP contribution >= 0.6 is 0 Å². The van der Waals surface area contributed by atoms with Gasteiger partial charge in [-0.2, -0.15) is 0 Å². The van der Waals surface area contributed by atoms with Crippen molar-refractivity contribution in [3.63, 3.8) is 0 Å². The monoisotopic (exact) mass is 284 g/mol. The number of carbonyl (C=O) groups excluding carboxylic acids is 1. The van der Waals surface area contributed by atoms with E-state index in [1.54, 1.807) is 32.0 Å². The molecule has 1 amide bonds. The molecule has 0 saturated carbocycles. The number of hydrogen-bond donors (Lipinski definition) is 2. The summed E-state index contributed by atoms with van der Waals surface area (Å²) in [6.07, 6.45) is 0. The second-order valence-electron chi connectivity index (χ2n) is 4.97. The quantitative estimate of drug-likeness (QED) is 0.820. The fraction of sp³-hybridized carbons (Fsp3) is 0.462. The largest absolute Gasteiger partial charge is 0.495 e. The van der Waals surface area contributed by atoms with Gasteiger partial charge in [0.2, 0.25) is 5.91 Å². The Labute approximate surface area is 116 Å². The van der Waals surface area contributed by atoms with E-state index < -0.39 is 16.3 Å². The Bertz CT molecular complexity index is 469. The van der Waals surface area contributed by atoms with Crippen molar-refractivity contribution in [1.82, 2.24) is 0 Å². The van der Waals surface area contributed by atoms with Gasteiger partial charge < -0.3 is 15.8 Å². The van der Waals surface area contributed by atoms with E-state index >= 15 is 0 Å². The highest BCUT2D eigenvalue weighted by Crippen LogP contribution is 2.22. The summed E-state index contributed by atoms with van der Waals surface area (Å²) in [5.41, 5.74) is 5.79. The Hall–Kier alpha value is -1.40. The van der Waals surface area contributed by atoms with Gasteiger partial charge in [-0.1, -0.05) is 12.1 Å². The number of rotatable bonds is 6. The fourth-order valence-corrected chi connectivity index (χ4v) is 2.84. The molecule has 0 aliphatic rings. The second-order valence-corrected chi connectivity index (χ2v) is 6.42. The van der Waals surface area contributed by atoms with Crippen molar-refractivity contribution >= 4 is 22.4 Å². The van der Waals surface area contributed by atoms with E-state index in [2.05, 4.69) is 5.32 Å². The lowest BCUT2D eigenvalue weighted by Gasteiger charge is -2.17. The van der Waals surface area contributed by atoms with Crippen molar-refractivity contribution in [3.8, 4) is 5.75 Å². The number of carbonyl (C=O) groups is 1. The van der Waals surface area contributed by atoms with Crippen molar-refractivity contribution in [3.05, 3.63) is 24.3 Å². The number of benzene rings is 1. The molecule has 106 valence electrons. The summed E-state index contributed by atoms with van der Waals surface area (Å²) in [6.45, 7) is 3.56. The minimum atomic E-state index is -1.28. The molecule has 0 aromatic heterocycles. The summed E-state index contributed by atoms with van der Waals surface area (Å²) in [6, 6.07) is 7.07. The van der Waals surface area contributed by atoms with Crippen LogP contribution in [-0.4, -0.2) is 34.3 Å². The Balaban J connectivity index is 2.58. The molecule has 1 rings (SSSR count). The molecule has 0 heterocycles. The Morgan fingerprint density at radius 2 is 2.05 bits per heavy atom. The predicted octanol–water partition coefficient (Wildman–Crippen LogP) is 1.12. The number of nitrogens with one attached hydrogen (secondary N) is 1. The van der Waals surface area contributed by atoms with Crippen molar-refractivity contribution in [1.29, 1.82) is 0 Å². The lowest BCUT2D eigenvalue weighted by atomic mass is 10.1. The molecule has 0 spiro atoms. The minimum Gasteiger partial charge on any atom is -0.495 e. The third-order valence-electron chi connectivity index (χ3n) is 2.21. The Kier molecular flexibility index (Phi) is 5.50. The average Bonchev–Trinajstić information content (AvgIpc) is 2.26. The predicted molar refractivity (Wildman–Crippen MR) is 77.8 cm³/mol. The molecule has 0 aliphatic carbocycles. The lowest BCUT2D eigenvalue weighted by molar-refractivity contribution is -0.113. The fourth-order valence-electron chi connectivity index (χ4n) is 1.55. The zero-order chi connectivity index (χ0) is 14.5. The van der Waals surface area contributed by atoms with Crippen molar-refractivity contribution in [2.75, 3.05) is 23.9 Å². The summed E-state index contributed by atoms with van der Waals surface area (Å²) >= 11 is 0. The molecular formula is C13H20N2O3S. The molecule has 1 aromatic carbocycles. The van der Waals surface area contributed by atoms with Gasteiger partial charge in [-0.05, 0) is 26.0 Å².